The van der Waals surface area contributed by atoms with Gasteiger partial charge in [0.2, 0.25) is 0 Å². The van der Waals surface area contributed by atoms with E-state index in [1.165, 1.54) is 26.0 Å². The van der Waals surface area contributed by atoms with Crippen molar-refractivity contribution in [3.05, 3.63) is 58.8 Å². The van der Waals surface area contributed by atoms with E-state index in [9.17, 15) is 8.78 Å². The van der Waals surface area contributed by atoms with Gasteiger partial charge in [0.05, 0.1) is 19.8 Å². The van der Waals surface area contributed by atoms with Crippen molar-refractivity contribution in [3.63, 3.8) is 0 Å². The number of aromatic nitrogens is 1. The maximum absolute atomic E-state index is 15.7. The summed E-state index contributed by atoms with van der Waals surface area (Å²) >= 11 is 0. The van der Waals surface area contributed by atoms with Crippen molar-refractivity contribution < 1.29 is 27.0 Å². The second-order valence-corrected chi connectivity index (χ2v) is 11.2. The first-order valence-corrected chi connectivity index (χ1v) is 13.1. The number of hydrogen-bond acceptors (Lipinski definition) is 4. The Balaban J connectivity index is 1.49. The van der Waals surface area contributed by atoms with Crippen molar-refractivity contribution in [2.45, 2.75) is 44.9 Å². The van der Waals surface area contributed by atoms with Crippen LogP contribution >= 0.6 is 0 Å². The summed E-state index contributed by atoms with van der Waals surface area (Å²) in [6.07, 6.45) is 0.610. The van der Waals surface area contributed by atoms with Gasteiger partial charge in [-0.15, -0.1) is 0 Å². The van der Waals surface area contributed by atoms with Crippen LogP contribution < -0.4 is 9.47 Å². The third-order valence-corrected chi connectivity index (χ3v) is 7.63. The topological polar surface area (TPSA) is 40.7 Å². The average Bonchev–Trinajstić information content (AvgIpc) is 3.18. The van der Waals surface area contributed by atoms with Crippen LogP contribution in [0.15, 0.2) is 30.3 Å². The predicted molar refractivity (Wildman–Crippen MR) is 140 cm³/mol. The van der Waals surface area contributed by atoms with Crippen LogP contribution in [0, 0.1) is 17.6 Å². The minimum Gasteiger partial charge on any atom is -0.497 e. The number of aromatic amines is 1. The molecular formula is C29H35F4N3O2. The first-order chi connectivity index (χ1) is 18.1. The summed E-state index contributed by atoms with van der Waals surface area (Å²) in [7, 11) is 1.58. The standard InChI is InChI=1S/C29H35F4N3O2/c1-17-9-22-21-6-5-19(37-4)12-25(21)34-27(22)28(36(17)16-29(2,3)33)26-23(31)10-20(11-24(26)32)38-8-7-35-14-18(13-30)15-35/h5-6,10-12,17-18,28,34H,7-9,13-16H2,1-4H3. The van der Waals surface area contributed by atoms with Crippen LogP contribution in [0.3, 0.4) is 0 Å². The molecule has 2 atom stereocenters. The molecule has 206 valence electrons. The van der Waals surface area contributed by atoms with E-state index in [1.807, 2.05) is 34.9 Å². The van der Waals surface area contributed by atoms with Gasteiger partial charge < -0.3 is 14.5 Å². The van der Waals surface area contributed by atoms with Crippen molar-refractivity contribution >= 4 is 10.9 Å². The molecule has 3 aromatic rings. The minimum atomic E-state index is -1.58. The number of rotatable bonds is 9. The molecule has 0 aliphatic carbocycles. The molecule has 0 radical (unpaired) electrons. The Kier molecular flexibility index (Phi) is 7.35. The second kappa shape index (κ2) is 10.4. The highest BCUT2D eigenvalue weighted by atomic mass is 19.1. The molecule has 0 spiro atoms. The van der Waals surface area contributed by atoms with E-state index >= 15 is 8.78 Å². The molecule has 1 fully saturated rings. The second-order valence-electron chi connectivity index (χ2n) is 11.2. The van der Waals surface area contributed by atoms with E-state index in [-0.39, 0.29) is 43.1 Å². The summed E-state index contributed by atoms with van der Waals surface area (Å²) < 4.78 is 70.1. The lowest BCUT2D eigenvalue weighted by Gasteiger charge is -2.43. The summed E-state index contributed by atoms with van der Waals surface area (Å²) in [6, 6.07) is 7.04. The molecule has 0 bridgehead atoms. The van der Waals surface area contributed by atoms with E-state index in [0.717, 1.165) is 16.5 Å². The highest BCUT2D eigenvalue weighted by molar-refractivity contribution is 5.86. The third kappa shape index (κ3) is 5.23. The number of benzene rings is 2. The average molecular weight is 534 g/mol. The Labute approximate surface area is 220 Å². The molecule has 2 aromatic carbocycles. The predicted octanol–water partition coefficient (Wildman–Crippen LogP) is 5.82. The number of ether oxygens (including phenoxy) is 2. The summed E-state index contributed by atoms with van der Waals surface area (Å²) in [6.45, 7) is 6.71. The first-order valence-electron chi connectivity index (χ1n) is 13.1. The van der Waals surface area contributed by atoms with Crippen LogP contribution in [-0.2, 0) is 6.42 Å². The molecule has 5 nitrogen and oxygen atoms in total. The van der Waals surface area contributed by atoms with E-state index in [2.05, 4.69) is 4.98 Å². The normalized spacial score (nSPS) is 20.9. The van der Waals surface area contributed by atoms with E-state index in [4.69, 9.17) is 9.47 Å². The van der Waals surface area contributed by atoms with Gasteiger partial charge in [-0.05, 0) is 44.9 Å². The molecule has 2 aliphatic heterocycles. The highest BCUT2D eigenvalue weighted by Crippen LogP contribution is 2.44. The van der Waals surface area contributed by atoms with Crippen molar-refractivity contribution in [2.75, 3.05) is 46.6 Å². The summed E-state index contributed by atoms with van der Waals surface area (Å²) in [5, 5.41) is 0.957. The summed E-state index contributed by atoms with van der Waals surface area (Å²) in [5.74, 6) is -0.669. The molecule has 2 unspecified atom stereocenters. The number of alkyl halides is 2. The van der Waals surface area contributed by atoms with Gasteiger partial charge in [-0.25, -0.2) is 13.2 Å². The number of nitrogens with one attached hydrogen (secondary N) is 1. The van der Waals surface area contributed by atoms with Gasteiger partial charge in [-0.1, -0.05) is 0 Å². The van der Waals surface area contributed by atoms with Crippen LogP contribution in [0.1, 0.15) is 43.6 Å². The van der Waals surface area contributed by atoms with Crippen LogP contribution in [0.4, 0.5) is 17.6 Å². The Bertz CT molecular complexity index is 1280. The number of nitrogens with zero attached hydrogens (tertiary/aromatic N) is 2. The molecule has 0 amide bonds. The molecule has 2 aliphatic rings. The van der Waals surface area contributed by atoms with Crippen LogP contribution in [0.2, 0.25) is 0 Å². The smallest absolute Gasteiger partial charge is 0.135 e. The van der Waals surface area contributed by atoms with Gasteiger partial charge in [-0.3, -0.25) is 14.2 Å². The van der Waals surface area contributed by atoms with Crippen molar-refractivity contribution in [2.24, 2.45) is 5.92 Å². The van der Waals surface area contributed by atoms with Crippen LogP contribution in [0.5, 0.6) is 11.5 Å². The number of hydrogen-bond donors (Lipinski definition) is 1. The number of fused-ring (bicyclic) bond motifs is 3. The monoisotopic (exact) mass is 533 g/mol. The third-order valence-electron chi connectivity index (χ3n) is 7.63. The molecule has 0 saturated carbocycles. The Hall–Kier alpha value is -2.78. The number of H-pyrrole nitrogens is 1. The number of halogens is 4. The molecule has 3 heterocycles. The van der Waals surface area contributed by atoms with E-state index in [1.54, 1.807) is 7.11 Å². The minimum absolute atomic E-state index is 0.00377. The fraction of sp³-hybridized carbons (Fsp3) is 0.517. The first kappa shape index (κ1) is 26.8. The zero-order valence-electron chi connectivity index (χ0n) is 22.3. The molecule has 1 N–H and O–H groups in total. The zero-order chi connectivity index (χ0) is 27.2. The molecule has 5 rings (SSSR count). The van der Waals surface area contributed by atoms with Gasteiger partial charge in [0.15, 0.2) is 0 Å². The summed E-state index contributed by atoms with van der Waals surface area (Å²) in [4.78, 5) is 7.25. The highest BCUT2D eigenvalue weighted by Gasteiger charge is 2.41. The Morgan fingerprint density at radius 3 is 2.42 bits per heavy atom. The molecule has 1 saturated heterocycles. The Morgan fingerprint density at radius 2 is 1.79 bits per heavy atom. The molecule has 38 heavy (non-hydrogen) atoms. The van der Waals surface area contributed by atoms with Crippen molar-refractivity contribution in [1.29, 1.82) is 0 Å². The van der Waals surface area contributed by atoms with Gasteiger partial charge in [0.1, 0.15) is 35.4 Å². The van der Waals surface area contributed by atoms with Crippen molar-refractivity contribution in [1.82, 2.24) is 14.8 Å². The zero-order valence-corrected chi connectivity index (χ0v) is 22.3. The van der Waals surface area contributed by atoms with Crippen LogP contribution in [0.25, 0.3) is 10.9 Å². The fourth-order valence-electron chi connectivity index (χ4n) is 5.82. The number of methoxy groups -OCH3 is 1. The molecule has 9 heteroatoms. The van der Waals surface area contributed by atoms with E-state index in [0.29, 0.717) is 37.5 Å². The maximum Gasteiger partial charge on any atom is 0.135 e. The van der Waals surface area contributed by atoms with Gasteiger partial charge in [0.25, 0.3) is 0 Å². The van der Waals surface area contributed by atoms with Gasteiger partial charge in [0, 0.05) is 78.5 Å². The maximum atomic E-state index is 15.7. The molecular weight excluding hydrogens is 498 g/mol. The number of likely N-dealkylation sites (tertiary alicyclic amines) is 1. The van der Waals surface area contributed by atoms with Crippen molar-refractivity contribution in [3.8, 4) is 11.5 Å². The lowest BCUT2D eigenvalue weighted by molar-refractivity contribution is 0.0637. The fourth-order valence-corrected chi connectivity index (χ4v) is 5.82. The lowest BCUT2D eigenvalue weighted by atomic mass is 9.87. The quantitative estimate of drug-likeness (QED) is 0.352. The lowest BCUT2D eigenvalue weighted by Crippen LogP contribution is -2.49. The summed E-state index contributed by atoms with van der Waals surface area (Å²) in [5.41, 5.74) is 0.708. The largest absolute Gasteiger partial charge is 0.497 e. The molecule has 1 aromatic heterocycles. The van der Waals surface area contributed by atoms with E-state index < -0.39 is 23.3 Å². The SMILES string of the molecule is COc1ccc2c3c([nH]c2c1)C(c1c(F)cc(OCCN2CC(CF)C2)cc1F)N(CC(C)(C)F)C(C)C3. The van der Waals surface area contributed by atoms with Gasteiger partial charge >= 0.3 is 0 Å². The van der Waals surface area contributed by atoms with Crippen LogP contribution in [-0.4, -0.2) is 73.1 Å². The Morgan fingerprint density at radius 1 is 1.08 bits per heavy atom. The van der Waals surface area contributed by atoms with Gasteiger partial charge in [-0.2, -0.15) is 0 Å².